The number of rotatable bonds is 6. The van der Waals surface area contributed by atoms with Crippen LogP contribution in [0, 0.1) is 20.8 Å². The number of fused-ring (bicyclic) bond motifs is 1. The molecule has 0 aliphatic heterocycles. The molecular formula is C29H27N5O. The normalized spacial score (nSPS) is 11.9. The summed E-state index contributed by atoms with van der Waals surface area (Å²) in [6.07, 6.45) is 3.60. The molecule has 5 rings (SSSR count). The molecule has 0 saturated carbocycles. The van der Waals surface area contributed by atoms with Gasteiger partial charge in [-0.25, -0.2) is 4.98 Å². The van der Waals surface area contributed by atoms with Crippen molar-refractivity contribution in [2.75, 3.05) is 10.6 Å². The van der Waals surface area contributed by atoms with Gasteiger partial charge in [-0.2, -0.15) is 0 Å². The van der Waals surface area contributed by atoms with Crippen molar-refractivity contribution in [2.45, 2.75) is 26.8 Å². The van der Waals surface area contributed by atoms with Crippen LogP contribution in [0.2, 0.25) is 0 Å². The number of carbonyl (C=O) groups is 1. The lowest BCUT2D eigenvalue weighted by Crippen LogP contribution is -2.16. The number of hydrogen-bond acceptors (Lipinski definition) is 4. The molecule has 2 aromatic carbocycles. The van der Waals surface area contributed by atoms with Crippen LogP contribution in [0.3, 0.4) is 0 Å². The van der Waals surface area contributed by atoms with Gasteiger partial charge < -0.3 is 15.6 Å². The minimum atomic E-state index is -0.235. The summed E-state index contributed by atoms with van der Waals surface area (Å²) in [6.45, 7) is 6.04. The molecule has 0 spiro atoms. The standard InChI is InChI=1S/C29H27N5O/c1-18-13-15-31-26(16-18)34-28(25-10-6-7-14-30-25)27-20(3)32-24-12-11-21(17-23(24)27)33-29(35)22-9-5-4-8-19(22)2/h4-17,28,32H,1-3H3,(H,31,34)(H,33,35)/t28-/m1/s1. The Labute approximate surface area is 204 Å². The van der Waals surface area contributed by atoms with Crippen molar-refractivity contribution in [1.82, 2.24) is 15.0 Å². The summed E-state index contributed by atoms with van der Waals surface area (Å²) < 4.78 is 0. The van der Waals surface area contributed by atoms with E-state index < -0.39 is 0 Å². The Hall–Kier alpha value is -4.45. The summed E-state index contributed by atoms with van der Waals surface area (Å²) in [5.74, 6) is 0.651. The molecule has 1 amide bonds. The average molecular weight is 462 g/mol. The highest BCUT2D eigenvalue weighted by molar-refractivity contribution is 6.06. The van der Waals surface area contributed by atoms with E-state index in [-0.39, 0.29) is 11.9 Å². The van der Waals surface area contributed by atoms with Crippen LogP contribution in [0.1, 0.15) is 44.5 Å². The van der Waals surface area contributed by atoms with Crippen molar-refractivity contribution in [2.24, 2.45) is 0 Å². The van der Waals surface area contributed by atoms with E-state index in [9.17, 15) is 4.79 Å². The van der Waals surface area contributed by atoms with Gasteiger partial charge in [0.2, 0.25) is 0 Å². The Morgan fingerprint density at radius 2 is 1.71 bits per heavy atom. The van der Waals surface area contributed by atoms with Crippen molar-refractivity contribution in [1.29, 1.82) is 0 Å². The molecule has 0 aliphatic carbocycles. The molecule has 0 aliphatic rings. The van der Waals surface area contributed by atoms with Crippen LogP contribution in [0.5, 0.6) is 0 Å². The molecule has 3 N–H and O–H groups in total. The number of carbonyl (C=O) groups excluding carboxylic acids is 1. The number of H-pyrrole nitrogens is 1. The van der Waals surface area contributed by atoms with Crippen LogP contribution in [-0.4, -0.2) is 20.9 Å². The highest BCUT2D eigenvalue weighted by Gasteiger charge is 2.23. The smallest absolute Gasteiger partial charge is 0.255 e. The zero-order valence-corrected chi connectivity index (χ0v) is 20.0. The van der Waals surface area contributed by atoms with E-state index in [2.05, 4.69) is 32.5 Å². The molecule has 6 heteroatoms. The van der Waals surface area contributed by atoms with Gasteiger partial charge in [-0.05, 0) is 80.4 Å². The van der Waals surface area contributed by atoms with E-state index in [1.54, 1.807) is 12.4 Å². The first-order valence-corrected chi connectivity index (χ1v) is 11.6. The lowest BCUT2D eigenvalue weighted by molar-refractivity contribution is 0.102. The lowest BCUT2D eigenvalue weighted by Gasteiger charge is -2.20. The van der Waals surface area contributed by atoms with Crippen LogP contribution < -0.4 is 10.6 Å². The zero-order valence-electron chi connectivity index (χ0n) is 20.0. The van der Waals surface area contributed by atoms with E-state index in [4.69, 9.17) is 0 Å². The molecule has 3 heterocycles. The molecular weight excluding hydrogens is 434 g/mol. The van der Waals surface area contributed by atoms with Crippen LogP contribution in [0.4, 0.5) is 11.5 Å². The van der Waals surface area contributed by atoms with Gasteiger partial charge in [0, 0.05) is 45.8 Å². The van der Waals surface area contributed by atoms with E-state index in [1.165, 1.54) is 0 Å². The molecule has 0 unspecified atom stereocenters. The fraction of sp³-hybridized carbons (Fsp3) is 0.138. The number of amides is 1. The topological polar surface area (TPSA) is 82.7 Å². The number of nitrogens with zero attached hydrogens (tertiary/aromatic N) is 2. The van der Waals surface area contributed by atoms with Gasteiger partial charge in [-0.3, -0.25) is 9.78 Å². The van der Waals surface area contributed by atoms with Gasteiger partial charge in [0.1, 0.15) is 5.82 Å². The summed E-state index contributed by atoms with van der Waals surface area (Å²) in [7, 11) is 0. The number of aromatic nitrogens is 3. The van der Waals surface area contributed by atoms with Gasteiger partial charge >= 0.3 is 0 Å². The SMILES string of the molecule is Cc1ccnc(N[C@H](c2ccccn2)c2c(C)[nH]c3ccc(NC(=O)c4ccccc4C)cc23)c1. The number of hydrogen-bond donors (Lipinski definition) is 3. The predicted molar refractivity (Wildman–Crippen MR) is 141 cm³/mol. The monoisotopic (exact) mass is 461 g/mol. The minimum absolute atomic E-state index is 0.125. The van der Waals surface area contributed by atoms with E-state index in [0.717, 1.165) is 50.5 Å². The predicted octanol–water partition coefficient (Wildman–Crippen LogP) is 6.34. The van der Waals surface area contributed by atoms with Crippen LogP contribution in [0.15, 0.2) is 85.2 Å². The summed E-state index contributed by atoms with van der Waals surface area (Å²) >= 11 is 0. The first kappa shape index (κ1) is 22.3. The highest BCUT2D eigenvalue weighted by atomic mass is 16.1. The summed E-state index contributed by atoms with van der Waals surface area (Å²) in [5.41, 5.74) is 7.43. The highest BCUT2D eigenvalue weighted by Crippen LogP contribution is 2.35. The minimum Gasteiger partial charge on any atom is -0.358 e. The van der Waals surface area contributed by atoms with Crippen LogP contribution in [0.25, 0.3) is 10.9 Å². The van der Waals surface area contributed by atoms with Crippen molar-refractivity contribution < 1.29 is 4.79 Å². The number of benzene rings is 2. The quantitative estimate of drug-likeness (QED) is 0.276. The Bertz CT molecular complexity index is 1510. The molecule has 1 atom stereocenters. The van der Waals surface area contributed by atoms with E-state index in [0.29, 0.717) is 5.56 Å². The first-order valence-electron chi connectivity index (χ1n) is 11.6. The Morgan fingerprint density at radius 3 is 2.49 bits per heavy atom. The Morgan fingerprint density at radius 1 is 0.886 bits per heavy atom. The summed E-state index contributed by atoms with van der Waals surface area (Å²) in [5, 5.41) is 7.66. The van der Waals surface area contributed by atoms with Crippen LogP contribution in [-0.2, 0) is 0 Å². The molecule has 5 aromatic rings. The molecule has 6 nitrogen and oxygen atoms in total. The third-order valence-corrected chi connectivity index (χ3v) is 6.16. The number of aromatic amines is 1. The number of anilines is 2. The van der Waals surface area contributed by atoms with Gasteiger partial charge in [0.05, 0.1) is 11.7 Å². The second-order valence-corrected chi connectivity index (χ2v) is 8.74. The summed E-state index contributed by atoms with van der Waals surface area (Å²) in [6, 6.07) is 23.2. The van der Waals surface area contributed by atoms with Gasteiger partial charge in [0.25, 0.3) is 5.91 Å². The fourth-order valence-corrected chi connectivity index (χ4v) is 4.43. The van der Waals surface area contributed by atoms with Gasteiger partial charge in [-0.1, -0.05) is 24.3 Å². The molecule has 0 fully saturated rings. The van der Waals surface area contributed by atoms with E-state index >= 15 is 0 Å². The van der Waals surface area contributed by atoms with Crippen molar-refractivity contribution in [3.8, 4) is 0 Å². The molecule has 3 aromatic heterocycles. The maximum Gasteiger partial charge on any atom is 0.255 e. The second-order valence-electron chi connectivity index (χ2n) is 8.74. The Balaban J connectivity index is 1.57. The third-order valence-electron chi connectivity index (χ3n) is 6.16. The fourth-order valence-electron chi connectivity index (χ4n) is 4.43. The maximum absolute atomic E-state index is 12.9. The zero-order chi connectivity index (χ0) is 24.4. The second kappa shape index (κ2) is 9.43. The number of pyridine rings is 2. The third kappa shape index (κ3) is 4.64. The number of aryl methyl sites for hydroxylation is 3. The lowest BCUT2D eigenvalue weighted by atomic mass is 9.99. The average Bonchev–Trinajstić information content (AvgIpc) is 3.18. The molecule has 35 heavy (non-hydrogen) atoms. The molecule has 0 bridgehead atoms. The molecule has 0 saturated heterocycles. The van der Waals surface area contributed by atoms with Gasteiger partial charge in [-0.15, -0.1) is 0 Å². The number of nitrogens with one attached hydrogen (secondary N) is 3. The van der Waals surface area contributed by atoms with Crippen molar-refractivity contribution in [3.63, 3.8) is 0 Å². The van der Waals surface area contributed by atoms with Crippen LogP contribution >= 0.6 is 0 Å². The van der Waals surface area contributed by atoms with Gasteiger partial charge in [0.15, 0.2) is 0 Å². The largest absolute Gasteiger partial charge is 0.358 e. The van der Waals surface area contributed by atoms with E-state index in [1.807, 2.05) is 86.6 Å². The Kier molecular flexibility index (Phi) is 6.02. The van der Waals surface area contributed by atoms with Crippen molar-refractivity contribution >= 4 is 28.3 Å². The summed E-state index contributed by atoms with van der Waals surface area (Å²) in [4.78, 5) is 25.6. The molecule has 174 valence electrons. The van der Waals surface area contributed by atoms with Crippen molar-refractivity contribution in [3.05, 3.63) is 119 Å². The maximum atomic E-state index is 12.9. The first-order chi connectivity index (χ1) is 17.0. The molecule has 0 radical (unpaired) electrons.